The van der Waals surface area contributed by atoms with Gasteiger partial charge in [-0.1, -0.05) is 12.1 Å². The Morgan fingerprint density at radius 2 is 2.00 bits per heavy atom. The second-order valence-electron chi connectivity index (χ2n) is 7.47. The van der Waals surface area contributed by atoms with Gasteiger partial charge in [0.2, 0.25) is 0 Å². The number of nitrogens with two attached hydrogens (primary N) is 1. The summed E-state index contributed by atoms with van der Waals surface area (Å²) < 4.78 is 54.7. The van der Waals surface area contributed by atoms with Gasteiger partial charge in [0.15, 0.2) is 5.69 Å². The molecule has 31 heavy (non-hydrogen) atoms. The van der Waals surface area contributed by atoms with Gasteiger partial charge in [0.05, 0.1) is 6.04 Å². The van der Waals surface area contributed by atoms with Crippen LogP contribution in [0.3, 0.4) is 0 Å². The van der Waals surface area contributed by atoms with E-state index in [-0.39, 0.29) is 11.7 Å². The molecule has 6 nitrogen and oxygen atoms in total. The lowest BCUT2D eigenvalue weighted by molar-refractivity contribution is -0.141. The Balaban J connectivity index is 1.79. The number of halogens is 4. The molecular weight excluding hydrogens is 414 g/mol. The Bertz CT molecular complexity index is 1090. The highest BCUT2D eigenvalue weighted by molar-refractivity contribution is 5.91. The summed E-state index contributed by atoms with van der Waals surface area (Å²) in [6.45, 7) is 0.735. The molecule has 162 valence electrons. The summed E-state index contributed by atoms with van der Waals surface area (Å²) in [5, 5.41) is 6.82. The Morgan fingerprint density at radius 1 is 1.23 bits per heavy atom. The van der Waals surface area contributed by atoms with Crippen LogP contribution in [-0.4, -0.2) is 27.2 Å². The molecule has 3 N–H and O–H groups in total. The van der Waals surface area contributed by atoms with Gasteiger partial charge < -0.3 is 11.1 Å². The van der Waals surface area contributed by atoms with Crippen LogP contribution in [0.25, 0.3) is 5.69 Å². The van der Waals surface area contributed by atoms with Crippen molar-refractivity contribution < 1.29 is 22.4 Å². The molecule has 1 atom stereocenters. The van der Waals surface area contributed by atoms with Crippen LogP contribution in [0.2, 0.25) is 0 Å². The van der Waals surface area contributed by atoms with Crippen molar-refractivity contribution in [3.63, 3.8) is 0 Å². The summed E-state index contributed by atoms with van der Waals surface area (Å²) in [6.07, 6.45) is 0.721. The van der Waals surface area contributed by atoms with Gasteiger partial charge in [0.25, 0.3) is 5.91 Å². The number of rotatable bonds is 7. The summed E-state index contributed by atoms with van der Waals surface area (Å²) in [4.78, 5) is 15.8. The first-order valence-electron chi connectivity index (χ1n) is 9.64. The number of nitrogens with zero attached hydrogens (tertiary/aromatic N) is 3. The second-order valence-corrected chi connectivity index (χ2v) is 7.47. The van der Waals surface area contributed by atoms with E-state index in [0.29, 0.717) is 22.2 Å². The molecule has 1 aromatic carbocycles. The molecule has 4 rings (SSSR count). The van der Waals surface area contributed by atoms with Gasteiger partial charge in [0, 0.05) is 18.5 Å². The number of nitrogens with one attached hydrogen (secondary N) is 1. The zero-order chi connectivity index (χ0) is 22.2. The topological polar surface area (TPSA) is 85.8 Å². The molecule has 10 heteroatoms. The molecule has 1 saturated carbocycles. The zero-order valence-electron chi connectivity index (χ0n) is 16.2. The van der Waals surface area contributed by atoms with Gasteiger partial charge in [0.1, 0.15) is 17.2 Å². The fourth-order valence-electron chi connectivity index (χ4n) is 3.33. The predicted octanol–water partition coefficient (Wildman–Crippen LogP) is 3.61. The lowest BCUT2D eigenvalue weighted by Gasteiger charge is -2.20. The van der Waals surface area contributed by atoms with Gasteiger partial charge in [-0.15, -0.1) is 0 Å². The lowest BCUT2D eigenvalue weighted by Crippen LogP contribution is -2.25. The molecule has 1 aliphatic rings. The van der Waals surface area contributed by atoms with Gasteiger partial charge in [-0.3, -0.25) is 9.78 Å². The first-order valence-corrected chi connectivity index (χ1v) is 9.64. The highest BCUT2D eigenvalue weighted by atomic mass is 19.4. The molecule has 0 radical (unpaired) electrons. The van der Waals surface area contributed by atoms with Crippen molar-refractivity contribution in [3.05, 3.63) is 77.1 Å². The number of amides is 1. The Kier molecular flexibility index (Phi) is 5.48. The largest absolute Gasteiger partial charge is 0.435 e. The van der Waals surface area contributed by atoms with Crippen LogP contribution in [0.15, 0.2) is 48.8 Å². The fraction of sp³-hybridized carbons (Fsp3) is 0.286. The van der Waals surface area contributed by atoms with Crippen molar-refractivity contribution in [2.24, 2.45) is 11.7 Å². The van der Waals surface area contributed by atoms with E-state index in [1.807, 2.05) is 6.07 Å². The summed E-state index contributed by atoms with van der Waals surface area (Å²) in [5.74, 6) is -1.43. The molecule has 0 aliphatic heterocycles. The molecular formula is C21H19F4N5O. The molecule has 2 heterocycles. The monoisotopic (exact) mass is 433 g/mol. The van der Waals surface area contributed by atoms with Crippen molar-refractivity contribution in [2.45, 2.75) is 25.1 Å². The summed E-state index contributed by atoms with van der Waals surface area (Å²) in [6, 6.07) is 7.79. The molecule has 1 fully saturated rings. The highest BCUT2D eigenvalue weighted by Gasteiger charge is 2.36. The van der Waals surface area contributed by atoms with Crippen molar-refractivity contribution >= 4 is 5.91 Å². The fourth-order valence-corrected chi connectivity index (χ4v) is 3.33. The predicted molar refractivity (Wildman–Crippen MR) is 104 cm³/mol. The molecule has 0 bridgehead atoms. The van der Waals surface area contributed by atoms with Gasteiger partial charge >= 0.3 is 6.18 Å². The van der Waals surface area contributed by atoms with Gasteiger partial charge in [-0.2, -0.15) is 18.3 Å². The third-order valence-electron chi connectivity index (χ3n) is 5.11. The number of alkyl halides is 3. The molecule has 2 aromatic heterocycles. The van der Waals surface area contributed by atoms with Crippen LogP contribution in [0.1, 0.15) is 46.2 Å². The SMILES string of the molecule is NC(=O)c1cc(C(F)(F)F)nn1-c1cc(C(NCC2CC2)c2cccnc2)ccc1F. The molecule has 1 aliphatic carbocycles. The third-order valence-corrected chi connectivity index (χ3v) is 5.11. The Morgan fingerprint density at radius 3 is 2.61 bits per heavy atom. The van der Waals surface area contributed by atoms with E-state index in [9.17, 15) is 22.4 Å². The molecule has 0 saturated heterocycles. The maximum Gasteiger partial charge on any atom is 0.435 e. The summed E-state index contributed by atoms with van der Waals surface area (Å²) in [5.41, 5.74) is 4.43. The van der Waals surface area contributed by atoms with E-state index < -0.39 is 29.3 Å². The van der Waals surface area contributed by atoms with E-state index in [1.165, 1.54) is 12.1 Å². The van der Waals surface area contributed by atoms with E-state index >= 15 is 0 Å². The Hall–Kier alpha value is -3.27. The summed E-state index contributed by atoms with van der Waals surface area (Å²) >= 11 is 0. The molecule has 1 unspecified atom stereocenters. The smallest absolute Gasteiger partial charge is 0.364 e. The first-order chi connectivity index (χ1) is 14.7. The molecule has 3 aromatic rings. The number of hydrogen-bond donors (Lipinski definition) is 2. The minimum absolute atomic E-state index is 0.302. The van der Waals surface area contributed by atoms with Crippen LogP contribution in [0.4, 0.5) is 17.6 Å². The molecule has 1 amide bonds. The van der Waals surface area contributed by atoms with Crippen LogP contribution in [0.5, 0.6) is 0 Å². The molecule has 0 spiro atoms. The van der Waals surface area contributed by atoms with Crippen molar-refractivity contribution in [2.75, 3.05) is 6.54 Å². The van der Waals surface area contributed by atoms with Crippen molar-refractivity contribution in [1.29, 1.82) is 0 Å². The number of carbonyl (C=O) groups is 1. The zero-order valence-corrected chi connectivity index (χ0v) is 16.2. The van der Waals surface area contributed by atoms with Crippen LogP contribution in [0, 0.1) is 11.7 Å². The lowest BCUT2D eigenvalue weighted by atomic mass is 9.99. The van der Waals surface area contributed by atoms with Crippen LogP contribution < -0.4 is 11.1 Å². The number of pyridine rings is 1. The number of benzene rings is 1. The van der Waals surface area contributed by atoms with Gasteiger partial charge in [-0.25, -0.2) is 9.07 Å². The summed E-state index contributed by atoms with van der Waals surface area (Å²) in [7, 11) is 0. The van der Waals surface area contributed by atoms with Gasteiger partial charge in [-0.05, 0) is 54.6 Å². The van der Waals surface area contributed by atoms with Crippen molar-refractivity contribution in [3.8, 4) is 5.69 Å². The number of hydrogen-bond acceptors (Lipinski definition) is 4. The Labute approximate surface area is 175 Å². The van der Waals surface area contributed by atoms with E-state index in [4.69, 9.17) is 5.73 Å². The van der Waals surface area contributed by atoms with E-state index in [2.05, 4.69) is 15.4 Å². The number of carbonyl (C=O) groups excluding carboxylic acids is 1. The van der Waals surface area contributed by atoms with Crippen molar-refractivity contribution in [1.82, 2.24) is 20.1 Å². The van der Waals surface area contributed by atoms with Crippen LogP contribution in [-0.2, 0) is 6.18 Å². The maximum atomic E-state index is 14.7. The number of aromatic nitrogens is 3. The quantitative estimate of drug-likeness (QED) is 0.558. The average molecular weight is 433 g/mol. The standard InChI is InChI=1S/C21H19F4N5O/c22-15-6-5-13(19(28-10-12-3-4-12)14-2-1-7-27-11-14)8-16(15)30-17(20(26)31)9-18(29-30)21(23,24)25/h1-2,5-9,11-12,19,28H,3-4,10H2,(H2,26,31). The normalized spacial score (nSPS) is 15.1. The third kappa shape index (κ3) is 4.58. The van der Waals surface area contributed by atoms with E-state index in [1.54, 1.807) is 18.5 Å². The minimum Gasteiger partial charge on any atom is -0.364 e. The van der Waals surface area contributed by atoms with E-state index in [0.717, 1.165) is 31.0 Å². The van der Waals surface area contributed by atoms with Crippen LogP contribution >= 0.6 is 0 Å². The average Bonchev–Trinajstić information content (AvgIpc) is 3.43. The minimum atomic E-state index is -4.81. The second kappa shape index (κ2) is 8.10. The maximum absolute atomic E-state index is 14.7. The number of primary amides is 1. The highest BCUT2D eigenvalue weighted by Crippen LogP contribution is 2.32. The first kappa shape index (κ1) is 21.0.